The summed E-state index contributed by atoms with van der Waals surface area (Å²) in [6.45, 7) is 1.42. The first kappa shape index (κ1) is 19.9. The van der Waals surface area contributed by atoms with Gasteiger partial charge in [0.1, 0.15) is 23.8 Å². The van der Waals surface area contributed by atoms with Gasteiger partial charge in [-0.3, -0.25) is 19.6 Å². The Labute approximate surface area is 164 Å². The number of esters is 1. The Morgan fingerprint density at radius 3 is 2.66 bits per heavy atom. The monoisotopic (exact) mass is 400 g/mol. The third-order valence-electron chi connectivity index (χ3n) is 4.26. The average molecular weight is 400 g/mol. The average Bonchev–Trinajstić information content (AvgIpc) is 2.70. The van der Waals surface area contributed by atoms with Crippen molar-refractivity contribution in [1.82, 2.24) is 15.0 Å². The Kier molecular flexibility index (Phi) is 5.82. The number of hydrogen-bond donors (Lipinski definition) is 3. The zero-order chi connectivity index (χ0) is 21.0. The fourth-order valence-electron chi connectivity index (χ4n) is 2.87. The highest BCUT2D eigenvalue weighted by atomic mass is 16.5. The zero-order valence-electron chi connectivity index (χ0n) is 16.1. The largest absolute Gasteiger partial charge is 0.497 e. The SMILES string of the molecule is COc1ccc(NCc2c(COC(C)=O)cnc3[nH]c(=O)[nH]c(=O)c23)c(OC)c1. The van der Waals surface area contributed by atoms with Gasteiger partial charge in [0.2, 0.25) is 0 Å². The second-order valence-electron chi connectivity index (χ2n) is 6.09. The molecule has 0 atom stereocenters. The highest BCUT2D eigenvalue weighted by Gasteiger charge is 2.15. The van der Waals surface area contributed by atoms with Gasteiger partial charge in [-0.05, 0) is 17.7 Å². The molecule has 152 valence electrons. The molecule has 10 nitrogen and oxygen atoms in total. The number of nitrogens with zero attached hydrogens (tertiary/aromatic N) is 1. The molecule has 3 N–H and O–H groups in total. The second kappa shape index (κ2) is 8.46. The van der Waals surface area contributed by atoms with Crippen molar-refractivity contribution in [1.29, 1.82) is 0 Å². The lowest BCUT2D eigenvalue weighted by atomic mass is 10.1. The summed E-state index contributed by atoms with van der Waals surface area (Å²) in [6, 6.07) is 5.26. The predicted octanol–water partition coefficient (Wildman–Crippen LogP) is 1.30. The lowest BCUT2D eigenvalue weighted by Gasteiger charge is -2.15. The van der Waals surface area contributed by atoms with Crippen molar-refractivity contribution in [3.63, 3.8) is 0 Å². The van der Waals surface area contributed by atoms with E-state index in [9.17, 15) is 14.4 Å². The summed E-state index contributed by atoms with van der Waals surface area (Å²) in [5.41, 5.74) is 0.635. The molecule has 1 aromatic carbocycles. The van der Waals surface area contributed by atoms with Crippen molar-refractivity contribution < 1.29 is 19.0 Å². The second-order valence-corrected chi connectivity index (χ2v) is 6.09. The first-order valence-electron chi connectivity index (χ1n) is 8.65. The summed E-state index contributed by atoms with van der Waals surface area (Å²) < 4.78 is 15.6. The molecule has 0 aliphatic heterocycles. The lowest BCUT2D eigenvalue weighted by molar-refractivity contribution is -0.142. The van der Waals surface area contributed by atoms with Crippen molar-refractivity contribution in [2.75, 3.05) is 19.5 Å². The van der Waals surface area contributed by atoms with Gasteiger partial charge in [-0.2, -0.15) is 0 Å². The summed E-state index contributed by atoms with van der Waals surface area (Å²) in [6.07, 6.45) is 1.46. The molecule has 29 heavy (non-hydrogen) atoms. The van der Waals surface area contributed by atoms with Gasteiger partial charge in [0.15, 0.2) is 0 Å². The number of carbonyl (C=O) groups excluding carboxylic acids is 1. The molecule has 2 heterocycles. The maximum absolute atomic E-state index is 12.4. The number of hydrogen-bond acceptors (Lipinski definition) is 8. The van der Waals surface area contributed by atoms with Crippen LogP contribution < -0.4 is 26.0 Å². The molecule has 0 aliphatic rings. The molecule has 0 amide bonds. The van der Waals surface area contributed by atoms with Crippen LogP contribution in [0.4, 0.5) is 5.69 Å². The molecule has 0 spiro atoms. The molecule has 0 bridgehead atoms. The summed E-state index contributed by atoms with van der Waals surface area (Å²) >= 11 is 0. The van der Waals surface area contributed by atoms with Crippen molar-refractivity contribution in [3.05, 3.63) is 56.4 Å². The Bertz CT molecular complexity index is 1170. The van der Waals surface area contributed by atoms with Gasteiger partial charge in [0, 0.05) is 31.3 Å². The summed E-state index contributed by atoms with van der Waals surface area (Å²) in [5, 5.41) is 3.40. The molecular formula is C19H20N4O6. The summed E-state index contributed by atoms with van der Waals surface area (Å²) in [4.78, 5) is 44.1. The number of carbonyl (C=O) groups is 1. The van der Waals surface area contributed by atoms with Gasteiger partial charge in [-0.15, -0.1) is 0 Å². The number of H-pyrrole nitrogens is 2. The minimum absolute atomic E-state index is 0.0619. The highest BCUT2D eigenvalue weighted by molar-refractivity contribution is 5.79. The van der Waals surface area contributed by atoms with Gasteiger partial charge >= 0.3 is 11.7 Å². The van der Waals surface area contributed by atoms with Crippen molar-refractivity contribution in [2.24, 2.45) is 0 Å². The van der Waals surface area contributed by atoms with Crippen LogP contribution in [-0.2, 0) is 22.7 Å². The zero-order valence-corrected chi connectivity index (χ0v) is 16.1. The lowest BCUT2D eigenvalue weighted by Crippen LogP contribution is -2.24. The predicted molar refractivity (Wildman–Crippen MR) is 105 cm³/mol. The third kappa shape index (κ3) is 4.37. The molecule has 0 saturated heterocycles. The number of nitrogens with one attached hydrogen (secondary N) is 3. The molecule has 0 saturated carbocycles. The molecular weight excluding hydrogens is 380 g/mol. The maximum atomic E-state index is 12.4. The Balaban J connectivity index is 2.04. The van der Waals surface area contributed by atoms with Gasteiger partial charge in [0.05, 0.1) is 25.3 Å². The molecule has 0 radical (unpaired) electrons. The van der Waals surface area contributed by atoms with Crippen molar-refractivity contribution >= 4 is 22.7 Å². The van der Waals surface area contributed by atoms with Crippen LogP contribution >= 0.6 is 0 Å². The maximum Gasteiger partial charge on any atom is 0.327 e. The van der Waals surface area contributed by atoms with Crippen molar-refractivity contribution in [2.45, 2.75) is 20.1 Å². The van der Waals surface area contributed by atoms with Crippen LogP contribution in [0, 0.1) is 0 Å². The summed E-state index contributed by atoms with van der Waals surface area (Å²) in [5.74, 6) is 0.717. The third-order valence-corrected chi connectivity index (χ3v) is 4.26. The summed E-state index contributed by atoms with van der Waals surface area (Å²) in [7, 11) is 3.09. The minimum Gasteiger partial charge on any atom is -0.497 e. The first-order chi connectivity index (χ1) is 13.9. The van der Waals surface area contributed by atoms with E-state index in [1.54, 1.807) is 25.3 Å². The number of aromatic amines is 2. The molecule has 3 rings (SSSR count). The van der Waals surface area contributed by atoms with E-state index < -0.39 is 17.2 Å². The number of aromatic nitrogens is 3. The Morgan fingerprint density at radius 1 is 1.17 bits per heavy atom. The van der Waals surface area contributed by atoms with Gasteiger partial charge in [0.25, 0.3) is 5.56 Å². The smallest absolute Gasteiger partial charge is 0.327 e. The van der Waals surface area contributed by atoms with Crippen LogP contribution in [0.2, 0.25) is 0 Å². The van der Waals surface area contributed by atoms with Crippen molar-refractivity contribution in [3.8, 4) is 11.5 Å². The number of benzene rings is 1. The number of rotatable bonds is 7. The molecule has 0 aliphatic carbocycles. The molecule has 0 fully saturated rings. The van der Waals surface area contributed by atoms with E-state index in [4.69, 9.17) is 14.2 Å². The van der Waals surface area contributed by atoms with E-state index in [-0.39, 0.29) is 24.2 Å². The minimum atomic E-state index is -0.654. The van der Waals surface area contributed by atoms with Crippen LogP contribution in [0.5, 0.6) is 11.5 Å². The van der Waals surface area contributed by atoms with Crippen LogP contribution in [-0.4, -0.2) is 35.1 Å². The van der Waals surface area contributed by atoms with Crippen LogP contribution in [0.15, 0.2) is 34.0 Å². The normalized spacial score (nSPS) is 10.6. The fraction of sp³-hybridized carbons (Fsp3) is 0.263. The van der Waals surface area contributed by atoms with Gasteiger partial charge < -0.3 is 19.5 Å². The molecule has 10 heteroatoms. The van der Waals surface area contributed by atoms with E-state index in [0.717, 1.165) is 0 Å². The Morgan fingerprint density at radius 2 is 1.97 bits per heavy atom. The fourth-order valence-corrected chi connectivity index (χ4v) is 2.87. The molecule has 3 aromatic rings. The highest BCUT2D eigenvalue weighted by Crippen LogP contribution is 2.30. The molecule has 0 unspecified atom stereocenters. The first-order valence-corrected chi connectivity index (χ1v) is 8.65. The Hall–Kier alpha value is -3.82. The topological polar surface area (TPSA) is 135 Å². The van der Waals surface area contributed by atoms with Gasteiger partial charge in [-0.1, -0.05) is 0 Å². The van der Waals surface area contributed by atoms with Crippen LogP contribution in [0.3, 0.4) is 0 Å². The quantitative estimate of drug-likeness (QED) is 0.505. The number of fused-ring (bicyclic) bond motifs is 1. The number of pyridine rings is 1. The van der Waals surface area contributed by atoms with E-state index >= 15 is 0 Å². The van der Waals surface area contributed by atoms with E-state index in [0.29, 0.717) is 28.3 Å². The van der Waals surface area contributed by atoms with E-state index in [2.05, 4.69) is 20.3 Å². The number of anilines is 1. The standard InChI is InChI=1S/C19H20N4O6/c1-10(24)29-9-11-7-21-17-16(18(25)23-19(26)22-17)13(11)8-20-14-5-4-12(27-2)6-15(14)28-3/h4-7,20H,8-9H2,1-3H3,(H2,21,22,23,25,26). The number of methoxy groups -OCH3 is 2. The number of ether oxygens (including phenoxy) is 3. The van der Waals surface area contributed by atoms with Crippen LogP contribution in [0.25, 0.3) is 11.0 Å². The van der Waals surface area contributed by atoms with E-state index in [1.165, 1.54) is 20.2 Å². The van der Waals surface area contributed by atoms with Gasteiger partial charge in [-0.25, -0.2) is 9.78 Å². The van der Waals surface area contributed by atoms with E-state index in [1.807, 2.05) is 0 Å². The molecule has 2 aromatic heterocycles. The van der Waals surface area contributed by atoms with Crippen LogP contribution in [0.1, 0.15) is 18.1 Å².